The lowest BCUT2D eigenvalue weighted by atomic mass is 10.1. The molecule has 1 aromatic heterocycles. The van der Waals surface area contributed by atoms with E-state index in [0.29, 0.717) is 35.2 Å². The fraction of sp³-hybridized carbons (Fsp3) is 0.227. The van der Waals surface area contributed by atoms with Gasteiger partial charge in [-0.05, 0) is 48.5 Å². The molecule has 1 amide bonds. The lowest BCUT2D eigenvalue weighted by Crippen LogP contribution is -2.40. The number of morpholine rings is 1. The number of carbonyl (C=O) groups excluding carboxylic acids is 1. The number of nitrogens with one attached hydrogen (secondary N) is 1. The molecule has 2 aromatic carbocycles. The Morgan fingerprint density at radius 3 is 2.50 bits per heavy atom. The topological polar surface area (TPSA) is 89.9 Å². The van der Waals surface area contributed by atoms with Gasteiger partial charge in [-0.1, -0.05) is 11.6 Å². The van der Waals surface area contributed by atoms with Crippen LogP contribution in [0.3, 0.4) is 0 Å². The van der Waals surface area contributed by atoms with Crippen LogP contribution in [0.25, 0.3) is 5.69 Å². The van der Waals surface area contributed by atoms with Gasteiger partial charge in [0.15, 0.2) is 0 Å². The summed E-state index contributed by atoms with van der Waals surface area (Å²) in [6.07, 6.45) is 3.66. The van der Waals surface area contributed by atoms with Crippen molar-refractivity contribution in [3.8, 4) is 11.4 Å². The van der Waals surface area contributed by atoms with Crippen LogP contribution >= 0.6 is 11.6 Å². The van der Waals surface area contributed by atoms with Gasteiger partial charge in [0.25, 0.3) is 5.91 Å². The van der Waals surface area contributed by atoms with Crippen molar-refractivity contribution in [2.75, 3.05) is 38.7 Å². The molecule has 1 aliphatic heterocycles. The van der Waals surface area contributed by atoms with E-state index in [1.165, 1.54) is 23.5 Å². The number of rotatable bonds is 6. The van der Waals surface area contributed by atoms with Crippen LogP contribution in [0.4, 0.5) is 5.69 Å². The van der Waals surface area contributed by atoms with E-state index < -0.39 is 15.9 Å². The maximum absolute atomic E-state index is 13.1. The Labute approximate surface area is 191 Å². The van der Waals surface area contributed by atoms with Gasteiger partial charge in [-0.3, -0.25) is 4.79 Å². The zero-order valence-electron chi connectivity index (χ0n) is 17.3. The largest absolute Gasteiger partial charge is 0.495 e. The minimum absolute atomic E-state index is 0.0103. The monoisotopic (exact) mass is 475 g/mol. The third-order valence-electron chi connectivity index (χ3n) is 5.10. The van der Waals surface area contributed by atoms with Gasteiger partial charge in [0.2, 0.25) is 10.0 Å². The molecule has 0 radical (unpaired) electrons. The molecule has 1 N–H and O–H groups in total. The van der Waals surface area contributed by atoms with Gasteiger partial charge in [-0.15, -0.1) is 0 Å². The minimum Gasteiger partial charge on any atom is -0.495 e. The Kier molecular flexibility index (Phi) is 6.52. The highest BCUT2D eigenvalue weighted by molar-refractivity contribution is 7.89. The van der Waals surface area contributed by atoms with E-state index in [-0.39, 0.29) is 23.7 Å². The molecule has 8 nitrogen and oxygen atoms in total. The number of methoxy groups -OCH3 is 1. The quantitative estimate of drug-likeness (QED) is 0.590. The highest BCUT2D eigenvalue weighted by Crippen LogP contribution is 2.30. The van der Waals surface area contributed by atoms with Gasteiger partial charge in [-0.25, -0.2) is 8.42 Å². The van der Waals surface area contributed by atoms with Crippen molar-refractivity contribution in [1.82, 2.24) is 8.87 Å². The van der Waals surface area contributed by atoms with Gasteiger partial charge in [-0.2, -0.15) is 4.31 Å². The molecule has 1 aliphatic rings. The van der Waals surface area contributed by atoms with E-state index in [4.69, 9.17) is 21.1 Å². The van der Waals surface area contributed by atoms with E-state index >= 15 is 0 Å². The summed E-state index contributed by atoms with van der Waals surface area (Å²) >= 11 is 6.28. The van der Waals surface area contributed by atoms with Gasteiger partial charge in [0, 0.05) is 36.7 Å². The maximum Gasteiger partial charge on any atom is 0.255 e. The third kappa shape index (κ3) is 4.51. The minimum atomic E-state index is -3.81. The second-order valence-corrected chi connectivity index (χ2v) is 9.41. The molecule has 2 heterocycles. The van der Waals surface area contributed by atoms with Crippen LogP contribution in [0, 0.1) is 0 Å². The van der Waals surface area contributed by atoms with Gasteiger partial charge in [0.05, 0.1) is 31.0 Å². The number of carbonyl (C=O) groups is 1. The standard InChI is InChI=1S/C22H22ClN3O5S/c1-30-20-7-5-17(15-21(20)32(28,29)26-10-12-31-13-11-26)24-22(27)16-4-6-18(23)19(14-16)25-8-2-3-9-25/h2-9,14-15H,10-13H2,1H3,(H,24,27). The predicted molar refractivity (Wildman–Crippen MR) is 121 cm³/mol. The maximum atomic E-state index is 13.1. The van der Waals surface area contributed by atoms with Crippen LogP contribution in [0.2, 0.25) is 5.02 Å². The molecule has 0 spiro atoms. The third-order valence-corrected chi connectivity index (χ3v) is 7.34. The first-order valence-electron chi connectivity index (χ1n) is 9.90. The summed E-state index contributed by atoms with van der Waals surface area (Å²) in [7, 11) is -2.41. The summed E-state index contributed by atoms with van der Waals surface area (Å²) in [5.74, 6) is -0.189. The first-order valence-corrected chi connectivity index (χ1v) is 11.7. The molecular formula is C22H22ClN3O5S. The number of hydrogen-bond donors (Lipinski definition) is 1. The van der Waals surface area contributed by atoms with Crippen LogP contribution in [-0.4, -0.2) is 56.6 Å². The highest BCUT2D eigenvalue weighted by Gasteiger charge is 2.29. The van der Waals surface area contributed by atoms with Gasteiger partial charge < -0.3 is 19.4 Å². The first kappa shape index (κ1) is 22.3. The Balaban J connectivity index is 1.62. The number of anilines is 1. The van der Waals surface area contributed by atoms with Crippen molar-refractivity contribution >= 4 is 33.2 Å². The Hall–Kier alpha value is -2.85. The van der Waals surface area contributed by atoms with E-state index in [0.717, 1.165) is 0 Å². The van der Waals surface area contributed by atoms with Crippen LogP contribution in [0.15, 0.2) is 65.8 Å². The number of aromatic nitrogens is 1. The zero-order chi connectivity index (χ0) is 22.7. The molecule has 0 aliphatic carbocycles. The van der Waals surface area contributed by atoms with Crippen molar-refractivity contribution in [3.63, 3.8) is 0 Å². The molecule has 10 heteroatoms. The average Bonchev–Trinajstić information content (AvgIpc) is 3.34. The molecule has 1 saturated heterocycles. The summed E-state index contributed by atoms with van der Waals surface area (Å²) < 4.78 is 40.0. The second-order valence-electron chi connectivity index (χ2n) is 7.09. The summed E-state index contributed by atoms with van der Waals surface area (Å²) in [4.78, 5) is 12.9. The number of ether oxygens (including phenoxy) is 2. The molecule has 168 valence electrons. The lowest BCUT2D eigenvalue weighted by Gasteiger charge is -2.26. The van der Waals surface area contributed by atoms with Crippen LogP contribution < -0.4 is 10.1 Å². The van der Waals surface area contributed by atoms with Crippen molar-refractivity contribution in [2.45, 2.75) is 4.90 Å². The molecule has 0 atom stereocenters. The summed E-state index contributed by atoms with van der Waals surface area (Å²) in [6, 6.07) is 13.2. The van der Waals surface area contributed by atoms with E-state index in [9.17, 15) is 13.2 Å². The fourth-order valence-corrected chi connectivity index (χ4v) is 5.24. The van der Waals surface area contributed by atoms with E-state index in [1.807, 2.05) is 24.5 Å². The lowest BCUT2D eigenvalue weighted by molar-refractivity contribution is 0.0729. The van der Waals surface area contributed by atoms with E-state index in [2.05, 4.69) is 5.32 Å². The van der Waals surface area contributed by atoms with Gasteiger partial charge in [0.1, 0.15) is 10.6 Å². The van der Waals surface area contributed by atoms with Crippen LogP contribution in [0.1, 0.15) is 10.4 Å². The summed E-state index contributed by atoms with van der Waals surface area (Å²) in [5, 5.41) is 3.26. The number of sulfonamides is 1. The molecule has 0 saturated carbocycles. The average molecular weight is 476 g/mol. The molecule has 1 fully saturated rings. The van der Waals surface area contributed by atoms with Crippen LogP contribution in [-0.2, 0) is 14.8 Å². The molecule has 0 unspecified atom stereocenters. The molecule has 4 rings (SSSR count). The molecular weight excluding hydrogens is 454 g/mol. The fourth-order valence-electron chi connectivity index (χ4n) is 3.43. The Morgan fingerprint density at radius 1 is 1.09 bits per heavy atom. The predicted octanol–water partition coefficient (Wildman–Crippen LogP) is 3.41. The number of benzene rings is 2. The number of nitrogens with zero attached hydrogens (tertiary/aromatic N) is 2. The summed E-state index contributed by atoms with van der Waals surface area (Å²) in [5.41, 5.74) is 1.38. The summed E-state index contributed by atoms with van der Waals surface area (Å²) in [6.45, 7) is 1.18. The molecule has 0 bridgehead atoms. The highest BCUT2D eigenvalue weighted by atomic mass is 35.5. The second kappa shape index (κ2) is 9.33. The molecule has 32 heavy (non-hydrogen) atoms. The van der Waals surface area contributed by atoms with Crippen molar-refractivity contribution < 1.29 is 22.7 Å². The zero-order valence-corrected chi connectivity index (χ0v) is 18.9. The smallest absolute Gasteiger partial charge is 0.255 e. The Morgan fingerprint density at radius 2 is 1.81 bits per heavy atom. The van der Waals surface area contributed by atoms with Crippen molar-refractivity contribution in [1.29, 1.82) is 0 Å². The number of amides is 1. The SMILES string of the molecule is COc1ccc(NC(=O)c2ccc(Cl)c(-n3cccc3)c2)cc1S(=O)(=O)N1CCOCC1. The Bertz CT molecular complexity index is 1220. The normalized spacial score (nSPS) is 14.8. The number of hydrogen-bond acceptors (Lipinski definition) is 5. The van der Waals surface area contributed by atoms with Crippen molar-refractivity contribution in [3.05, 3.63) is 71.5 Å². The van der Waals surface area contributed by atoms with Crippen LogP contribution in [0.5, 0.6) is 5.75 Å². The number of halogens is 1. The first-order chi connectivity index (χ1) is 15.4. The molecule has 3 aromatic rings. The van der Waals surface area contributed by atoms with Gasteiger partial charge >= 0.3 is 0 Å². The van der Waals surface area contributed by atoms with Crippen molar-refractivity contribution in [2.24, 2.45) is 0 Å². The van der Waals surface area contributed by atoms with E-state index in [1.54, 1.807) is 28.8 Å².